The van der Waals surface area contributed by atoms with Crippen LogP contribution in [0.1, 0.15) is 25.0 Å². The number of aryl methyl sites for hydroxylation is 1. The minimum Gasteiger partial charge on any atom is -0.248 e. The molecule has 2 heterocycles. The summed E-state index contributed by atoms with van der Waals surface area (Å²) in [5.74, 6) is 1.97. The molecule has 0 spiro atoms. The van der Waals surface area contributed by atoms with E-state index in [1.165, 1.54) is 6.33 Å². The molecule has 0 amide bonds. The maximum atomic E-state index is 5.75. The van der Waals surface area contributed by atoms with Gasteiger partial charge in [-0.2, -0.15) is 10.2 Å². The number of nitrogens with zero attached hydrogens (tertiary/aromatic N) is 6. The van der Waals surface area contributed by atoms with E-state index in [9.17, 15) is 0 Å². The minimum absolute atomic E-state index is 0.349. The van der Waals surface area contributed by atoms with E-state index in [-0.39, 0.29) is 0 Å². The molecule has 0 saturated heterocycles. The molecule has 7 heteroatoms. The molecule has 2 aromatic rings. The minimum atomic E-state index is 0.349. The largest absolute Gasteiger partial charge is 0.248 e. The standard InChI is InChI=1S/C9H13ClN6/c1-2-3-15-9(12-7-13-15)5-16-8(4-10)11-6-14-16/h6-7H,2-5H2,1H3. The van der Waals surface area contributed by atoms with Crippen LogP contribution in [0.3, 0.4) is 0 Å². The van der Waals surface area contributed by atoms with Gasteiger partial charge in [0.05, 0.1) is 5.88 Å². The molecule has 0 aromatic carbocycles. The lowest BCUT2D eigenvalue weighted by Crippen LogP contribution is -2.12. The Balaban J connectivity index is 2.17. The van der Waals surface area contributed by atoms with Crippen molar-refractivity contribution in [1.82, 2.24) is 29.5 Å². The summed E-state index contributed by atoms with van der Waals surface area (Å²) in [7, 11) is 0. The molecule has 0 fully saturated rings. The first kappa shape index (κ1) is 11.1. The summed E-state index contributed by atoms with van der Waals surface area (Å²) in [4.78, 5) is 8.26. The van der Waals surface area contributed by atoms with E-state index in [0.29, 0.717) is 12.4 Å². The topological polar surface area (TPSA) is 61.4 Å². The molecule has 0 atom stereocenters. The Hall–Kier alpha value is -1.43. The van der Waals surface area contributed by atoms with Gasteiger partial charge in [0.1, 0.15) is 30.8 Å². The number of halogens is 1. The Kier molecular flexibility index (Phi) is 3.51. The lowest BCUT2D eigenvalue weighted by Gasteiger charge is -2.05. The zero-order valence-corrected chi connectivity index (χ0v) is 9.80. The summed E-state index contributed by atoms with van der Waals surface area (Å²) in [5, 5.41) is 8.26. The molecule has 6 nitrogen and oxygen atoms in total. The molecule has 0 unspecified atom stereocenters. The first-order valence-corrected chi connectivity index (χ1v) is 5.68. The number of rotatable bonds is 5. The van der Waals surface area contributed by atoms with Crippen LogP contribution in [0.15, 0.2) is 12.7 Å². The first-order valence-electron chi connectivity index (χ1n) is 5.14. The van der Waals surface area contributed by atoms with Gasteiger partial charge in [0.15, 0.2) is 0 Å². The Morgan fingerprint density at radius 2 is 1.81 bits per heavy atom. The van der Waals surface area contributed by atoms with Gasteiger partial charge >= 0.3 is 0 Å². The maximum absolute atomic E-state index is 5.75. The van der Waals surface area contributed by atoms with Gasteiger partial charge in [-0.25, -0.2) is 19.3 Å². The second-order valence-corrected chi connectivity index (χ2v) is 3.63. The average Bonchev–Trinajstić information content (AvgIpc) is 2.89. The lowest BCUT2D eigenvalue weighted by atomic mass is 10.4. The summed E-state index contributed by atoms with van der Waals surface area (Å²) in [6.07, 6.45) is 4.08. The quantitative estimate of drug-likeness (QED) is 0.734. The van der Waals surface area contributed by atoms with Gasteiger partial charge < -0.3 is 0 Å². The fraction of sp³-hybridized carbons (Fsp3) is 0.556. The molecule has 0 radical (unpaired) electrons. The van der Waals surface area contributed by atoms with Crippen LogP contribution in [0.4, 0.5) is 0 Å². The van der Waals surface area contributed by atoms with Crippen LogP contribution < -0.4 is 0 Å². The van der Waals surface area contributed by atoms with Crippen molar-refractivity contribution in [2.75, 3.05) is 0 Å². The highest BCUT2D eigenvalue weighted by Gasteiger charge is 2.08. The summed E-state index contributed by atoms with van der Waals surface area (Å²) in [6, 6.07) is 0. The van der Waals surface area contributed by atoms with Crippen molar-refractivity contribution in [3.05, 3.63) is 24.3 Å². The van der Waals surface area contributed by atoms with Crippen LogP contribution >= 0.6 is 11.6 Å². The SMILES string of the molecule is CCCn1ncnc1Cn1ncnc1CCl. The summed E-state index contributed by atoms with van der Waals surface area (Å²) in [5.41, 5.74) is 0. The van der Waals surface area contributed by atoms with Crippen LogP contribution in [0.2, 0.25) is 0 Å². The highest BCUT2D eigenvalue weighted by atomic mass is 35.5. The second-order valence-electron chi connectivity index (χ2n) is 3.37. The van der Waals surface area contributed by atoms with Crippen molar-refractivity contribution in [1.29, 1.82) is 0 Å². The van der Waals surface area contributed by atoms with E-state index in [2.05, 4.69) is 27.1 Å². The van der Waals surface area contributed by atoms with E-state index < -0.39 is 0 Å². The molecular weight excluding hydrogens is 228 g/mol. The van der Waals surface area contributed by atoms with E-state index >= 15 is 0 Å². The smallest absolute Gasteiger partial charge is 0.148 e. The third-order valence-electron chi connectivity index (χ3n) is 2.24. The van der Waals surface area contributed by atoms with Crippen molar-refractivity contribution in [3.8, 4) is 0 Å². The molecule has 0 aliphatic carbocycles. The normalized spacial score (nSPS) is 10.9. The van der Waals surface area contributed by atoms with Gasteiger partial charge in [0.2, 0.25) is 0 Å². The van der Waals surface area contributed by atoms with Gasteiger partial charge in [-0.15, -0.1) is 11.6 Å². The molecule has 16 heavy (non-hydrogen) atoms. The predicted molar refractivity (Wildman–Crippen MR) is 59.0 cm³/mol. The molecule has 0 aliphatic rings. The zero-order valence-electron chi connectivity index (χ0n) is 9.04. The molecule has 2 rings (SSSR count). The highest BCUT2D eigenvalue weighted by molar-refractivity contribution is 6.16. The van der Waals surface area contributed by atoms with Crippen molar-refractivity contribution in [2.45, 2.75) is 32.3 Å². The van der Waals surface area contributed by atoms with E-state index in [0.717, 1.165) is 24.6 Å². The van der Waals surface area contributed by atoms with Gasteiger partial charge in [0, 0.05) is 6.54 Å². The number of aromatic nitrogens is 6. The van der Waals surface area contributed by atoms with E-state index in [4.69, 9.17) is 11.6 Å². The van der Waals surface area contributed by atoms with Crippen molar-refractivity contribution < 1.29 is 0 Å². The van der Waals surface area contributed by atoms with E-state index in [1.54, 1.807) is 11.0 Å². The van der Waals surface area contributed by atoms with Crippen molar-refractivity contribution >= 4 is 11.6 Å². The number of hydrogen-bond donors (Lipinski definition) is 0. The van der Waals surface area contributed by atoms with Gasteiger partial charge in [-0.1, -0.05) is 6.92 Å². The van der Waals surface area contributed by atoms with Crippen LogP contribution in [0, 0.1) is 0 Å². The van der Waals surface area contributed by atoms with Gasteiger partial charge in [-0.05, 0) is 6.42 Å². The molecule has 0 saturated carbocycles. The second kappa shape index (κ2) is 5.07. The third kappa shape index (κ3) is 2.21. The summed E-state index contributed by atoms with van der Waals surface area (Å²) < 4.78 is 3.61. The predicted octanol–water partition coefficient (Wildman–Crippen LogP) is 1.07. The molecule has 86 valence electrons. The van der Waals surface area contributed by atoms with Crippen molar-refractivity contribution in [2.24, 2.45) is 0 Å². The molecule has 2 aromatic heterocycles. The van der Waals surface area contributed by atoms with Gasteiger partial charge in [-0.3, -0.25) is 0 Å². The van der Waals surface area contributed by atoms with Crippen LogP contribution in [0.25, 0.3) is 0 Å². The molecule has 0 bridgehead atoms. The zero-order chi connectivity index (χ0) is 11.4. The molecule has 0 aliphatic heterocycles. The molecule has 0 N–H and O–H groups in total. The maximum Gasteiger partial charge on any atom is 0.148 e. The third-order valence-corrected chi connectivity index (χ3v) is 2.48. The van der Waals surface area contributed by atoms with Crippen LogP contribution in [-0.2, 0) is 19.0 Å². The number of hydrogen-bond acceptors (Lipinski definition) is 4. The van der Waals surface area contributed by atoms with Crippen LogP contribution in [-0.4, -0.2) is 29.5 Å². The fourth-order valence-electron chi connectivity index (χ4n) is 1.47. The Morgan fingerprint density at radius 3 is 2.50 bits per heavy atom. The van der Waals surface area contributed by atoms with E-state index in [1.807, 2.05) is 4.68 Å². The van der Waals surface area contributed by atoms with Crippen LogP contribution in [0.5, 0.6) is 0 Å². The summed E-state index contributed by atoms with van der Waals surface area (Å²) >= 11 is 5.75. The average molecular weight is 241 g/mol. The Bertz CT molecular complexity index is 448. The van der Waals surface area contributed by atoms with Crippen molar-refractivity contribution in [3.63, 3.8) is 0 Å². The Morgan fingerprint density at radius 1 is 1.12 bits per heavy atom. The molecular formula is C9H13ClN6. The first-order chi connectivity index (χ1) is 7.85. The fourth-order valence-corrected chi connectivity index (χ4v) is 1.67. The number of alkyl halides is 1. The monoisotopic (exact) mass is 240 g/mol. The highest BCUT2D eigenvalue weighted by Crippen LogP contribution is 2.03. The summed E-state index contributed by atoms with van der Waals surface area (Å²) in [6.45, 7) is 3.52. The lowest BCUT2D eigenvalue weighted by molar-refractivity contribution is 0.533. The van der Waals surface area contributed by atoms with Gasteiger partial charge in [0.25, 0.3) is 0 Å². The Labute approximate surface area is 98.3 Å².